The molecule has 1 amide bonds. The van der Waals surface area contributed by atoms with Crippen LogP contribution in [-0.4, -0.2) is 46.0 Å². The van der Waals surface area contributed by atoms with Crippen LogP contribution in [0.5, 0.6) is 0 Å². The lowest BCUT2D eigenvalue weighted by Crippen LogP contribution is -2.41. The van der Waals surface area contributed by atoms with Gasteiger partial charge in [-0.25, -0.2) is 4.98 Å². The second-order valence-corrected chi connectivity index (χ2v) is 5.09. The Morgan fingerprint density at radius 1 is 1.63 bits per heavy atom. The van der Waals surface area contributed by atoms with E-state index in [4.69, 9.17) is 5.73 Å². The van der Waals surface area contributed by atoms with Gasteiger partial charge in [-0.2, -0.15) is 0 Å². The number of amides is 1. The summed E-state index contributed by atoms with van der Waals surface area (Å²) in [5, 5.41) is 2.71. The smallest absolute Gasteiger partial charge is 0.237 e. The van der Waals surface area contributed by atoms with Crippen LogP contribution in [0.15, 0.2) is 12.4 Å². The van der Waals surface area contributed by atoms with Crippen molar-refractivity contribution in [2.75, 3.05) is 13.6 Å². The highest BCUT2D eigenvalue weighted by atomic mass is 16.2. The molecule has 1 fully saturated rings. The molecular formula is C13H23N5O. The van der Waals surface area contributed by atoms with Crippen molar-refractivity contribution in [1.29, 1.82) is 0 Å². The van der Waals surface area contributed by atoms with Gasteiger partial charge in [0.1, 0.15) is 5.82 Å². The number of likely N-dealkylation sites (N-methyl/N-ethyl adjacent to an activating group) is 1. The van der Waals surface area contributed by atoms with Crippen molar-refractivity contribution in [3.8, 4) is 0 Å². The highest BCUT2D eigenvalue weighted by molar-refractivity contribution is 5.81. The first-order valence-corrected chi connectivity index (χ1v) is 6.87. The highest BCUT2D eigenvalue weighted by Crippen LogP contribution is 2.19. The molecule has 0 aromatic carbocycles. The quantitative estimate of drug-likeness (QED) is 0.782. The monoisotopic (exact) mass is 265 g/mol. The van der Waals surface area contributed by atoms with Gasteiger partial charge in [0.25, 0.3) is 0 Å². The van der Waals surface area contributed by atoms with Crippen LogP contribution in [0.25, 0.3) is 0 Å². The predicted octanol–water partition coefficient (Wildman–Crippen LogP) is -0.0593. The van der Waals surface area contributed by atoms with Crippen molar-refractivity contribution < 1.29 is 4.79 Å². The first-order valence-electron chi connectivity index (χ1n) is 6.87. The average molecular weight is 265 g/mol. The second kappa shape index (κ2) is 6.16. The summed E-state index contributed by atoms with van der Waals surface area (Å²) in [5.74, 6) is 1.05. The SMILES string of the molecule is CCCn1ccnc1CN1C[C@@H](N)C[C@H]1C(=O)NC. The molecule has 6 heteroatoms. The first-order chi connectivity index (χ1) is 9.15. The molecule has 0 bridgehead atoms. The maximum Gasteiger partial charge on any atom is 0.237 e. The van der Waals surface area contributed by atoms with E-state index in [-0.39, 0.29) is 18.0 Å². The van der Waals surface area contributed by atoms with Crippen molar-refractivity contribution in [2.24, 2.45) is 5.73 Å². The molecule has 2 rings (SSSR count). The van der Waals surface area contributed by atoms with Gasteiger partial charge >= 0.3 is 0 Å². The predicted molar refractivity (Wildman–Crippen MR) is 73.4 cm³/mol. The third kappa shape index (κ3) is 3.13. The van der Waals surface area contributed by atoms with Crippen molar-refractivity contribution >= 4 is 5.91 Å². The third-order valence-corrected chi connectivity index (χ3v) is 3.60. The van der Waals surface area contributed by atoms with E-state index < -0.39 is 0 Å². The Hall–Kier alpha value is -1.40. The van der Waals surface area contributed by atoms with Crippen LogP contribution < -0.4 is 11.1 Å². The third-order valence-electron chi connectivity index (χ3n) is 3.60. The molecule has 1 aliphatic heterocycles. The van der Waals surface area contributed by atoms with Gasteiger partial charge in [-0.3, -0.25) is 9.69 Å². The van der Waals surface area contributed by atoms with E-state index >= 15 is 0 Å². The molecule has 2 heterocycles. The molecule has 0 radical (unpaired) electrons. The maximum absolute atomic E-state index is 11.9. The average Bonchev–Trinajstić information content (AvgIpc) is 2.97. The van der Waals surface area contributed by atoms with E-state index in [1.807, 2.05) is 12.4 Å². The standard InChI is InChI=1S/C13H23N5O/c1-3-5-17-6-4-16-12(17)9-18-8-10(14)7-11(18)13(19)15-2/h4,6,10-11H,3,5,7-9,14H2,1-2H3,(H,15,19)/t10-,11-/m0/s1. The molecule has 0 spiro atoms. The van der Waals surface area contributed by atoms with E-state index in [1.54, 1.807) is 7.05 Å². The largest absolute Gasteiger partial charge is 0.358 e. The van der Waals surface area contributed by atoms with Gasteiger partial charge in [0.2, 0.25) is 5.91 Å². The summed E-state index contributed by atoms with van der Waals surface area (Å²) in [6.45, 7) is 4.53. The van der Waals surface area contributed by atoms with Crippen LogP contribution in [0.1, 0.15) is 25.6 Å². The van der Waals surface area contributed by atoms with E-state index in [1.165, 1.54) is 0 Å². The Labute approximate surface area is 114 Å². The number of imidazole rings is 1. The minimum absolute atomic E-state index is 0.0431. The number of nitrogens with one attached hydrogen (secondary N) is 1. The number of aryl methyl sites for hydroxylation is 1. The number of hydrogen-bond donors (Lipinski definition) is 2. The van der Waals surface area contributed by atoms with Gasteiger partial charge in [0, 0.05) is 38.6 Å². The fourth-order valence-corrected chi connectivity index (χ4v) is 2.67. The fraction of sp³-hybridized carbons (Fsp3) is 0.692. The number of hydrogen-bond acceptors (Lipinski definition) is 4. The Kier molecular flexibility index (Phi) is 4.55. The topological polar surface area (TPSA) is 76.2 Å². The van der Waals surface area contributed by atoms with E-state index in [2.05, 4.69) is 26.7 Å². The zero-order valence-electron chi connectivity index (χ0n) is 11.7. The Bertz CT molecular complexity index is 430. The summed E-state index contributed by atoms with van der Waals surface area (Å²) in [6.07, 6.45) is 5.59. The molecule has 19 heavy (non-hydrogen) atoms. The molecule has 3 N–H and O–H groups in total. The molecular weight excluding hydrogens is 242 g/mol. The molecule has 0 saturated carbocycles. The Morgan fingerprint density at radius 2 is 2.42 bits per heavy atom. The number of carbonyl (C=O) groups excluding carboxylic acids is 1. The molecule has 1 aromatic heterocycles. The summed E-state index contributed by atoms with van der Waals surface area (Å²) in [4.78, 5) is 18.4. The van der Waals surface area contributed by atoms with Gasteiger partial charge in [-0.1, -0.05) is 6.92 Å². The Morgan fingerprint density at radius 3 is 3.11 bits per heavy atom. The van der Waals surface area contributed by atoms with Gasteiger partial charge in [0.05, 0.1) is 12.6 Å². The molecule has 106 valence electrons. The normalized spacial score (nSPS) is 23.7. The van der Waals surface area contributed by atoms with Crippen molar-refractivity contribution in [3.05, 3.63) is 18.2 Å². The molecule has 1 saturated heterocycles. The number of nitrogens with two attached hydrogens (primary N) is 1. The Balaban J connectivity index is 2.07. The summed E-state index contributed by atoms with van der Waals surface area (Å²) >= 11 is 0. The van der Waals surface area contributed by atoms with E-state index in [0.717, 1.165) is 25.3 Å². The van der Waals surface area contributed by atoms with Crippen LogP contribution in [0.2, 0.25) is 0 Å². The van der Waals surface area contributed by atoms with Gasteiger partial charge in [-0.15, -0.1) is 0 Å². The summed E-state index contributed by atoms with van der Waals surface area (Å²) < 4.78 is 2.14. The number of rotatable bonds is 5. The fourth-order valence-electron chi connectivity index (χ4n) is 2.67. The zero-order chi connectivity index (χ0) is 13.8. The molecule has 6 nitrogen and oxygen atoms in total. The van der Waals surface area contributed by atoms with Crippen LogP contribution in [0.4, 0.5) is 0 Å². The molecule has 0 unspecified atom stereocenters. The second-order valence-electron chi connectivity index (χ2n) is 5.09. The van der Waals surface area contributed by atoms with Crippen LogP contribution in [0.3, 0.4) is 0 Å². The zero-order valence-corrected chi connectivity index (χ0v) is 11.7. The van der Waals surface area contributed by atoms with Gasteiger partial charge < -0.3 is 15.6 Å². The van der Waals surface area contributed by atoms with Gasteiger partial charge in [0.15, 0.2) is 0 Å². The summed E-state index contributed by atoms with van der Waals surface area (Å²) in [7, 11) is 1.67. The summed E-state index contributed by atoms with van der Waals surface area (Å²) in [6, 6.07) is -0.0661. The van der Waals surface area contributed by atoms with Crippen LogP contribution >= 0.6 is 0 Å². The lowest BCUT2D eigenvalue weighted by atomic mass is 10.1. The molecule has 1 aromatic rings. The van der Waals surface area contributed by atoms with Gasteiger partial charge in [-0.05, 0) is 12.8 Å². The molecule has 2 atom stereocenters. The molecule has 0 aliphatic carbocycles. The molecule has 1 aliphatic rings. The minimum atomic E-state index is -0.133. The minimum Gasteiger partial charge on any atom is -0.358 e. The van der Waals surface area contributed by atoms with Crippen molar-refractivity contribution in [3.63, 3.8) is 0 Å². The number of carbonyl (C=O) groups is 1. The van der Waals surface area contributed by atoms with Crippen LogP contribution in [0, 0.1) is 0 Å². The lowest BCUT2D eigenvalue weighted by Gasteiger charge is -2.22. The maximum atomic E-state index is 11.9. The lowest BCUT2D eigenvalue weighted by molar-refractivity contribution is -0.125. The van der Waals surface area contributed by atoms with Crippen molar-refractivity contribution in [1.82, 2.24) is 19.8 Å². The number of likely N-dealkylation sites (tertiary alicyclic amines) is 1. The first kappa shape index (κ1) is 14.0. The number of nitrogens with zero attached hydrogens (tertiary/aromatic N) is 3. The highest BCUT2D eigenvalue weighted by Gasteiger charge is 2.35. The van der Waals surface area contributed by atoms with Crippen LogP contribution in [-0.2, 0) is 17.9 Å². The number of aromatic nitrogens is 2. The van der Waals surface area contributed by atoms with E-state index in [9.17, 15) is 4.79 Å². The van der Waals surface area contributed by atoms with E-state index in [0.29, 0.717) is 13.0 Å². The van der Waals surface area contributed by atoms with Crippen molar-refractivity contribution in [2.45, 2.75) is 44.9 Å². The summed E-state index contributed by atoms with van der Waals surface area (Å²) in [5.41, 5.74) is 5.98.